The molecule has 0 radical (unpaired) electrons. The van der Waals surface area contributed by atoms with E-state index < -0.39 is 6.29 Å². The first kappa shape index (κ1) is 22.3. The summed E-state index contributed by atoms with van der Waals surface area (Å²) in [6.07, 6.45) is 1.32. The first-order valence-electron chi connectivity index (χ1n) is 10.2. The molecule has 1 aromatic heterocycles. The molecule has 0 atom stereocenters. The first-order chi connectivity index (χ1) is 14.2. The second-order valence-corrected chi connectivity index (χ2v) is 9.59. The van der Waals surface area contributed by atoms with Crippen LogP contribution in [0.15, 0.2) is 27.6 Å². The van der Waals surface area contributed by atoms with Crippen LogP contribution in [0.1, 0.15) is 44.5 Å². The van der Waals surface area contributed by atoms with Crippen molar-refractivity contribution in [3.8, 4) is 11.8 Å². The van der Waals surface area contributed by atoms with Gasteiger partial charge < -0.3 is 15.3 Å². The Morgan fingerprint density at radius 2 is 1.93 bits per heavy atom. The number of hydrazone groups is 1. The van der Waals surface area contributed by atoms with Gasteiger partial charge in [-0.15, -0.1) is 5.11 Å². The Balaban J connectivity index is 1.55. The lowest BCUT2D eigenvalue weighted by molar-refractivity contribution is -0.216. The minimum atomic E-state index is -0.399. The molecule has 0 unspecified atom stereocenters. The van der Waals surface area contributed by atoms with E-state index in [1.165, 1.54) is 0 Å². The van der Waals surface area contributed by atoms with Crippen molar-refractivity contribution >= 4 is 5.84 Å². The van der Waals surface area contributed by atoms with Crippen LogP contribution in [0.2, 0.25) is 0 Å². The van der Waals surface area contributed by atoms with Gasteiger partial charge in [0.15, 0.2) is 6.29 Å². The minimum Gasteiger partial charge on any atom is -0.350 e. The highest BCUT2D eigenvalue weighted by Crippen LogP contribution is 2.27. The molecule has 2 aliphatic rings. The van der Waals surface area contributed by atoms with Crippen LogP contribution in [-0.4, -0.2) is 61.4 Å². The van der Waals surface area contributed by atoms with Crippen LogP contribution < -0.4 is 5.84 Å². The molecule has 2 N–H and O–H groups in total. The molecule has 162 valence electrons. The SMILES string of the molecule is Cc1cc(C#CCN2CC(C)(C)C2)cnc1/C(N=NCC1OCC(C)(C)CO1)=N/N. The summed E-state index contributed by atoms with van der Waals surface area (Å²) in [6, 6.07) is 1.96. The number of amidine groups is 1. The Morgan fingerprint density at radius 3 is 2.53 bits per heavy atom. The number of likely N-dealkylation sites (tertiary alicyclic amines) is 1. The summed E-state index contributed by atoms with van der Waals surface area (Å²) in [7, 11) is 0. The average Bonchev–Trinajstić information content (AvgIpc) is 2.66. The van der Waals surface area contributed by atoms with Gasteiger partial charge in [-0.25, -0.2) is 0 Å². The van der Waals surface area contributed by atoms with Crippen molar-refractivity contribution in [3.05, 3.63) is 29.1 Å². The van der Waals surface area contributed by atoms with E-state index >= 15 is 0 Å². The molecular weight excluding hydrogens is 380 g/mol. The van der Waals surface area contributed by atoms with Crippen LogP contribution in [0, 0.1) is 29.6 Å². The topological polar surface area (TPSA) is 97.7 Å². The van der Waals surface area contributed by atoms with Gasteiger partial charge >= 0.3 is 0 Å². The molecule has 30 heavy (non-hydrogen) atoms. The standard InChI is InChI=1S/C22H32N6O2/c1-16-9-17(7-6-8-28-12-21(2,3)13-28)10-24-19(16)20(26-23)27-25-11-18-29-14-22(4,5)15-30-18/h9-10,18H,8,11-15,23H2,1-5H3/b26-20-,27-25?. The van der Waals surface area contributed by atoms with Crippen LogP contribution in [0.25, 0.3) is 0 Å². The maximum atomic E-state index is 5.65. The van der Waals surface area contributed by atoms with Gasteiger partial charge in [0.25, 0.3) is 0 Å². The highest BCUT2D eigenvalue weighted by molar-refractivity contribution is 5.98. The van der Waals surface area contributed by atoms with E-state index in [0.29, 0.717) is 24.3 Å². The van der Waals surface area contributed by atoms with Crippen LogP contribution in [0.4, 0.5) is 0 Å². The second kappa shape index (κ2) is 9.21. The summed E-state index contributed by atoms with van der Waals surface area (Å²) >= 11 is 0. The highest BCUT2D eigenvalue weighted by Gasteiger charge is 2.33. The van der Waals surface area contributed by atoms with E-state index in [1.807, 2.05) is 13.0 Å². The third-order valence-corrected chi connectivity index (χ3v) is 4.97. The van der Waals surface area contributed by atoms with Crippen LogP contribution in [-0.2, 0) is 9.47 Å². The van der Waals surface area contributed by atoms with E-state index in [0.717, 1.165) is 30.8 Å². The Hall–Kier alpha value is -2.34. The van der Waals surface area contributed by atoms with Gasteiger partial charge in [0, 0.05) is 30.3 Å². The van der Waals surface area contributed by atoms with Gasteiger partial charge in [-0.3, -0.25) is 9.88 Å². The van der Waals surface area contributed by atoms with Gasteiger partial charge in [0.05, 0.1) is 19.8 Å². The lowest BCUT2D eigenvalue weighted by atomic mass is 9.84. The summed E-state index contributed by atoms with van der Waals surface area (Å²) in [5.74, 6) is 12.2. The highest BCUT2D eigenvalue weighted by atomic mass is 16.7. The molecule has 0 aromatic carbocycles. The zero-order valence-electron chi connectivity index (χ0n) is 18.6. The molecule has 3 rings (SSSR count). The third kappa shape index (κ3) is 6.08. The second-order valence-electron chi connectivity index (χ2n) is 9.59. The van der Waals surface area contributed by atoms with E-state index in [4.69, 9.17) is 15.3 Å². The van der Waals surface area contributed by atoms with E-state index in [9.17, 15) is 0 Å². The fourth-order valence-corrected chi connectivity index (χ4v) is 3.55. The van der Waals surface area contributed by atoms with Crippen molar-refractivity contribution < 1.29 is 9.47 Å². The summed E-state index contributed by atoms with van der Waals surface area (Å²) < 4.78 is 11.3. The smallest absolute Gasteiger partial charge is 0.218 e. The van der Waals surface area contributed by atoms with Crippen molar-refractivity contribution in [2.45, 2.75) is 40.9 Å². The normalized spacial score (nSPS) is 21.8. The first-order valence-corrected chi connectivity index (χ1v) is 10.2. The zero-order chi connectivity index (χ0) is 21.8. The molecule has 8 heteroatoms. The van der Waals surface area contributed by atoms with Gasteiger partial charge in [0.2, 0.25) is 5.84 Å². The third-order valence-electron chi connectivity index (χ3n) is 4.97. The number of nitrogens with two attached hydrogens (primary N) is 1. The van der Waals surface area contributed by atoms with E-state index in [1.54, 1.807) is 6.20 Å². The number of azo groups is 1. The largest absolute Gasteiger partial charge is 0.350 e. The average molecular weight is 413 g/mol. The summed E-state index contributed by atoms with van der Waals surface area (Å²) in [4.78, 5) is 6.78. The molecule has 0 saturated carbocycles. The quantitative estimate of drug-likeness (QED) is 0.205. The van der Waals surface area contributed by atoms with Gasteiger partial charge in [-0.1, -0.05) is 39.5 Å². The molecule has 2 fully saturated rings. The number of ether oxygens (including phenoxy) is 2. The Morgan fingerprint density at radius 1 is 1.23 bits per heavy atom. The van der Waals surface area contributed by atoms with Crippen molar-refractivity contribution in [1.29, 1.82) is 0 Å². The molecule has 0 spiro atoms. The number of pyridine rings is 1. The Kier molecular flexibility index (Phi) is 6.86. The monoisotopic (exact) mass is 412 g/mol. The number of nitrogens with zero attached hydrogens (tertiary/aromatic N) is 5. The van der Waals surface area contributed by atoms with Crippen molar-refractivity contribution in [2.75, 3.05) is 39.4 Å². The fraction of sp³-hybridized carbons (Fsp3) is 0.636. The molecule has 8 nitrogen and oxygen atoms in total. The summed E-state index contributed by atoms with van der Waals surface area (Å²) in [6.45, 7) is 15.2. The van der Waals surface area contributed by atoms with Crippen molar-refractivity contribution in [1.82, 2.24) is 9.88 Å². The summed E-state index contributed by atoms with van der Waals surface area (Å²) in [5.41, 5.74) is 2.77. The summed E-state index contributed by atoms with van der Waals surface area (Å²) in [5, 5.41) is 12.0. The fourth-order valence-electron chi connectivity index (χ4n) is 3.55. The molecular formula is C22H32N6O2. The molecule has 0 aliphatic carbocycles. The van der Waals surface area contributed by atoms with Gasteiger partial charge in [0.1, 0.15) is 12.2 Å². The lowest BCUT2D eigenvalue weighted by Crippen LogP contribution is -2.52. The number of aryl methyl sites for hydroxylation is 1. The predicted molar refractivity (Wildman–Crippen MR) is 116 cm³/mol. The van der Waals surface area contributed by atoms with Crippen LogP contribution >= 0.6 is 0 Å². The number of aromatic nitrogens is 1. The van der Waals surface area contributed by atoms with Crippen molar-refractivity contribution in [3.63, 3.8) is 0 Å². The van der Waals surface area contributed by atoms with E-state index in [2.05, 4.69) is 64.7 Å². The molecule has 1 aromatic rings. The molecule has 0 bridgehead atoms. The van der Waals surface area contributed by atoms with Gasteiger partial charge in [-0.2, -0.15) is 10.2 Å². The number of hydrogen-bond acceptors (Lipinski definition) is 7. The maximum Gasteiger partial charge on any atom is 0.218 e. The predicted octanol–water partition coefficient (Wildman–Crippen LogP) is 2.55. The van der Waals surface area contributed by atoms with Gasteiger partial charge in [-0.05, 0) is 24.0 Å². The molecule has 3 heterocycles. The lowest BCUT2D eigenvalue weighted by Gasteiger charge is -2.44. The van der Waals surface area contributed by atoms with Crippen LogP contribution in [0.5, 0.6) is 0 Å². The Labute approximate surface area is 178 Å². The number of hydrogen-bond donors (Lipinski definition) is 1. The van der Waals surface area contributed by atoms with Crippen molar-refractivity contribution in [2.24, 2.45) is 32.0 Å². The molecule has 0 amide bonds. The molecule has 2 saturated heterocycles. The minimum absolute atomic E-state index is 0.0229. The molecule has 2 aliphatic heterocycles. The number of rotatable bonds is 4. The van der Waals surface area contributed by atoms with Crippen LogP contribution in [0.3, 0.4) is 0 Å². The Bertz CT molecular complexity index is 863. The van der Waals surface area contributed by atoms with E-state index in [-0.39, 0.29) is 17.8 Å². The maximum absolute atomic E-state index is 5.65. The zero-order valence-corrected chi connectivity index (χ0v) is 18.6.